The summed E-state index contributed by atoms with van der Waals surface area (Å²) in [5.74, 6) is 0.286. The van der Waals surface area contributed by atoms with Crippen LogP contribution in [-0.4, -0.2) is 56.9 Å². The summed E-state index contributed by atoms with van der Waals surface area (Å²) >= 11 is 0. The normalized spacial score (nSPS) is 20.2. The largest absolute Gasteiger partial charge is 0.444 e. The number of hydrogen-bond acceptors (Lipinski definition) is 5. The topological polar surface area (TPSA) is 96.8 Å². The van der Waals surface area contributed by atoms with Crippen molar-refractivity contribution in [2.45, 2.75) is 57.6 Å². The summed E-state index contributed by atoms with van der Waals surface area (Å²) in [5.41, 5.74) is 2.53. The molecule has 0 atom stereocenters. The molecule has 174 valence electrons. The van der Waals surface area contributed by atoms with Crippen molar-refractivity contribution in [3.8, 4) is 0 Å². The zero-order valence-electron chi connectivity index (χ0n) is 19.5. The van der Waals surface area contributed by atoms with Crippen molar-refractivity contribution in [2.75, 3.05) is 18.0 Å². The van der Waals surface area contributed by atoms with Gasteiger partial charge in [0.25, 0.3) is 0 Å². The molecule has 0 unspecified atom stereocenters. The lowest BCUT2D eigenvalue weighted by Gasteiger charge is -2.37. The maximum atomic E-state index is 12.7. The van der Waals surface area contributed by atoms with Gasteiger partial charge in [-0.05, 0) is 63.3 Å². The van der Waals surface area contributed by atoms with Crippen molar-refractivity contribution < 1.29 is 19.1 Å². The van der Waals surface area contributed by atoms with Gasteiger partial charge < -0.3 is 4.74 Å². The van der Waals surface area contributed by atoms with Crippen LogP contribution in [0.15, 0.2) is 24.3 Å². The Labute approximate surface area is 192 Å². The molecular weight excluding hydrogens is 422 g/mol. The van der Waals surface area contributed by atoms with Gasteiger partial charge in [0, 0.05) is 31.9 Å². The highest BCUT2D eigenvalue weighted by molar-refractivity contribution is 6.09. The minimum Gasteiger partial charge on any atom is -0.444 e. The molecule has 1 spiro atoms. The molecule has 1 N–H and O–H groups in total. The second-order valence-electron chi connectivity index (χ2n) is 10.2. The van der Waals surface area contributed by atoms with Crippen LogP contribution < -0.4 is 10.2 Å². The van der Waals surface area contributed by atoms with Crippen LogP contribution in [0.5, 0.6) is 0 Å². The summed E-state index contributed by atoms with van der Waals surface area (Å²) in [5, 5.41) is 7.78. The van der Waals surface area contributed by atoms with Gasteiger partial charge in [0.05, 0.1) is 11.1 Å². The molecule has 3 heterocycles. The lowest BCUT2D eigenvalue weighted by molar-refractivity contribution is -0.120. The van der Waals surface area contributed by atoms with Crippen LogP contribution in [0, 0.1) is 0 Å². The van der Waals surface area contributed by atoms with E-state index in [-0.39, 0.29) is 24.0 Å². The summed E-state index contributed by atoms with van der Waals surface area (Å²) in [6, 6.07) is 5.68. The SMILES string of the molecule is Cn1nc(N2CCC(=O)NC2=O)c2ccc(C3=CCN(C(=O)OC(C)(C)C)C4(CC4)C3)cc21. The van der Waals surface area contributed by atoms with E-state index in [4.69, 9.17) is 4.74 Å². The first-order valence-corrected chi connectivity index (χ1v) is 11.3. The third-order valence-corrected chi connectivity index (χ3v) is 6.57. The highest BCUT2D eigenvalue weighted by atomic mass is 16.6. The molecule has 2 fully saturated rings. The van der Waals surface area contributed by atoms with Gasteiger partial charge in [-0.3, -0.25) is 24.6 Å². The fraction of sp³-hybridized carbons (Fsp3) is 0.500. The predicted octanol–water partition coefficient (Wildman–Crippen LogP) is 3.58. The number of nitrogens with zero attached hydrogens (tertiary/aromatic N) is 4. The number of ether oxygens (including phenoxy) is 1. The van der Waals surface area contributed by atoms with E-state index in [9.17, 15) is 14.4 Å². The van der Waals surface area contributed by atoms with Gasteiger partial charge in [0.15, 0.2) is 5.82 Å². The maximum absolute atomic E-state index is 12.7. The third-order valence-electron chi connectivity index (χ3n) is 6.57. The first-order chi connectivity index (χ1) is 15.6. The van der Waals surface area contributed by atoms with E-state index in [1.165, 1.54) is 10.5 Å². The Balaban J connectivity index is 1.42. The van der Waals surface area contributed by atoms with E-state index in [0.717, 1.165) is 35.7 Å². The molecule has 4 amide bonds. The molecule has 1 saturated heterocycles. The highest BCUT2D eigenvalue weighted by Crippen LogP contribution is 2.51. The summed E-state index contributed by atoms with van der Waals surface area (Å²) in [6.07, 6.45) is 4.86. The van der Waals surface area contributed by atoms with Gasteiger partial charge >= 0.3 is 12.1 Å². The maximum Gasteiger partial charge on any atom is 0.411 e. The molecule has 3 aliphatic rings. The van der Waals surface area contributed by atoms with Crippen LogP contribution >= 0.6 is 0 Å². The summed E-state index contributed by atoms with van der Waals surface area (Å²) in [7, 11) is 1.85. The Kier molecular flexibility index (Phi) is 4.77. The second-order valence-corrected chi connectivity index (χ2v) is 10.2. The molecule has 1 aliphatic carbocycles. The number of rotatable bonds is 2. The predicted molar refractivity (Wildman–Crippen MR) is 124 cm³/mol. The molecule has 9 nitrogen and oxygen atoms in total. The molecule has 0 bridgehead atoms. The zero-order chi connectivity index (χ0) is 23.5. The Bertz CT molecular complexity index is 1200. The van der Waals surface area contributed by atoms with Crippen LogP contribution in [-0.2, 0) is 16.6 Å². The monoisotopic (exact) mass is 451 g/mol. The smallest absolute Gasteiger partial charge is 0.411 e. The number of benzene rings is 1. The third kappa shape index (κ3) is 3.85. The Morgan fingerprint density at radius 2 is 1.97 bits per heavy atom. The number of carbonyl (C=O) groups is 3. The number of nitrogens with one attached hydrogen (secondary N) is 1. The fourth-order valence-corrected chi connectivity index (χ4v) is 4.72. The van der Waals surface area contributed by atoms with Crippen LogP contribution in [0.25, 0.3) is 16.5 Å². The van der Waals surface area contributed by atoms with E-state index in [1.807, 2.05) is 44.9 Å². The Morgan fingerprint density at radius 3 is 2.64 bits per heavy atom. The summed E-state index contributed by atoms with van der Waals surface area (Å²) in [4.78, 5) is 39.9. The van der Waals surface area contributed by atoms with E-state index < -0.39 is 11.6 Å². The molecule has 5 rings (SSSR count). The van der Waals surface area contributed by atoms with E-state index in [0.29, 0.717) is 18.9 Å². The fourth-order valence-electron chi connectivity index (χ4n) is 4.72. The van der Waals surface area contributed by atoms with E-state index in [1.54, 1.807) is 4.68 Å². The number of urea groups is 1. The lowest BCUT2D eigenvalue weighted by atomic mass is 9.92. The quantitative estimate of drug-likeness (QED) is 0.753. The van der Waals surface area contributed by atoms with Crippen molar-refractivity contribution in [1.29, 1.82) is 0 Å². The summed E-state index contributed by atoms with van der Waals surface area (Å²) in [6.45, 7) is 6.50. The highest BCUT2D eigenvalue weighted by Gasteiger charge is 2.52. The van der Waals surface area contributed by atoms with Crippen LogP contribution in [0.2, 0.25) is 0 Å². The molecule has 2 aliphatic heterocycles. The number of fused-ring (bicyclic) bond motifs is 1. The van der Waals surface area contributed by atoms with Crippen molar-refractivity contribution in [3.63, 3.8) is 0 Å². The van der Waals surface area contributed by atoms with Gasteiger partial charge in [0.2, 0.25) is 5.91 Å². The number of aromatic nitrogens is 2. The number of anilines is 1. The van der Waals surface area contributed by atoms with E-state index in [2.05, 4.69) is 22.6 Å². The van der Waals surface area contributed by atoms with Gasteiger partial charge in [-0.15, -0.1) is 0 Å². The minimum atomic E-state index is -0.516. The van der Waals surface area contributed by atoms with Crippen LogP contribution in [0.3, 0.4) is 0 Å². The number of amides is 4. The Hall–Kier alpha value is -3.36. The van der Waals surface area contributed by atoms with Crippen molar-refractivity contribution in [3.05, 3.63) is 29.8 Å². The number of imide groups is 1. The average molecular weight is 452 g/mol. The molecule has 9 heteroatoms. The number of hydrogen-bond donors (Lipinski definition) is 1. The van der Waals surface area contributed by atoms with Gasteiger partial charge in [-0.25, -0.2) is 9.59 Å². The van der Waals surface area contributed by atoms with Gasteiger partial charge in [-0.2, -0.15) is 5.10 Å². The molecular formula is C24H29N5O4. The zero-order valence-corrected chi connectivity index (χ0v) is 19.5. The van der Waals surface area contributed by atoms with Crippen molar-refractivity contribution >= 4 is 40.3 Å². The minimum absolute atomic E-state index is 0.155. The lowest BCUT2D eigenvalue weighted by Crippen LogP contribution is -2.49. The molecule has 1 aromatic carbocycles. The molecule has 0 radical (unpaired) electrons. The van der Waals surface area contributed by atoms with Crippen LogP contribution in [0.1, 0.15) is 52.0 Å². The standard InChI is InChI=1S/C24H29N5O4/c1-23(2,3)33-22(32)29-12-7-16(14-24(29)9-10-24)15-5-6-17-18(13-15)27(4)26-20(17)28-11-8-19(30)25-21(28)31/h5-7,13H,8-12,14H2,1-4H3,(H,25,30,31). The van der Waals surface area contributed by atoms with E-state index >= 15 is 0 Å². The van der Waals surface area contributed by atoms with Gasteiger partial charge in [0.1, 0.15) is 5.60 Å². The molecule has 2 aromatic rings. The molecule has 1 aromatic heterocycles. The average Bonchev–Trinajstić information content (AvgIpc) is 3.41. The second kappa shape index (κ2) is 7.33. The Morgan fingerprint density at radius 1 is 1.21 bits per heavy atom. The summed E-state index contributed by atoms with van der Waals surface area (Å²) < 4.78 is 7.40. The van der Waals surface area contributed by atoms with Crippen molar-refractivity contribution in [2.24, 2.45) is 7.05 Å². The molecule has 1 saturated carbocycles. The first-order valence-electron chi connectivity index (χ1n) is 11.3. The number of carbonyl (C=O) groups excluding carboxylic acids is 3. The van der Waals surface area contributed by atoms with Crippen LogP contribution in [0.4, 0.5) is 15.4 Å². The number of aryl methyl sites for hydroxylation is 1. The van der Waals surface area contributed by atoms with Gasteiger partial charge in [-0.1, -0.05) is 12.1 Å². The van der Waals surface area contributed by atoms with Crippen molar-refractivity contribution in [1.82, 2.24) is 20.0 Å². The first kappa shape index (κ1) is 21.5. The molecule has 33 heavy (non-hydrogen) atoms.